The molecule has 1 aliphatic rings. The largest absolute Gasteiger partial charge is 0.382 e. The number of hydrogen-bond donors (Lipinski definition) is 2. The maximum atomic E-state index is 6.29. The van der Waals surface area contributed by atoms with Crippen molar-refractivity contribution in [2.24, 2.45) is 0 Å². The molecule has 7 heteroatoms. The predicted molar refractivity (Wildman–Crippen MR) is 110 cm³/mol. The van der Waals surface area contributed by atoms with Gasteiger partial charge in [0, 0.05) is 30.2 Å². The van der Waals surface area contributed by atoms with E-state index in [-0.39, 0.29) is 5.54 Å². The van der Waals surface area contributed by atoms with Gasteiger partial charge in [0.05, 0.1) is 16.2 Å². The molecule has 0 amide bonds. The Balaban J connectivity index is 1.78. The number of anilines is 2. The molecule has 3 rings (SSSR count). The topological polar surface area (TPSA) is 67.1 Å². The van der Waals surface area contributed by atoms with Crippen molar-refractivity contribution in [3.05, 3.63) is 34.4 Å². The van der Waals surface area contributed by atoms with Crippen molar-refractivity contribution in [2.75, 3.05) is 23.7 Å². The number of nitrogens with zero attached hydrogens (tertiary/aromatic N) is 3. The van der Waals surface area contributed by atoms with E-state index in [1.54, 1.807) is 12.3 Å². The highest BCUT2D eigenvalue weighted by atomic mass is 35.5. The average Bonchev–Trinajstić information content (AvgIpc) is 2.57. The van der Waals surface area contributed by atoms with Crippen LogP contribution in [0, 0.1) is 0 Å². The summed E-state index contributed by atoms with van der Waals surface area (Å²) in [6.07, 6.45) is 3.87. The van der Waals surface area contributed by atoms with Crippen LogP contribution >= 0.6 is 23.2 Å². The van der Waals surface area contributed by atoms with Gasteiger partial charge < -0.3 is 16.0 Å². The fraction of sp³-hybridized carbons (Fsp3) is 0.474. The molecular weight excluding hydrogens is 369 g/mol. The molecule has 140 valence electrons. The van der Waals surface area contributed by atoms with Gasteiger partial charge in [-0.15, -0.1) is 0 Å². The lowest BCUT2D eigenvalue weighted by atomic mass is 9.89. The molecule has 3 N–H and O–H groups in total. The van der Waals surface area contributed by atoms with Crippen molar-refractivity contribution in [1.29, 1.82) is 0 Å². The number of halogens is 2. The Morgan fingerprint density at radius 2 is 1.92 bits per heavy atom. The van der Waals surface area contributed by atoms with Gasteiger partial charge in [-0.05, 0) is 25.8 Å². The summed E-state index contributed by atoms with van der Waals surface area (Å²) in [7, 11) is 0. The molecule has 0 radical (unpaired) electrons. The molecule has 0 saturated carbocycles. The Kier molecular flexibility index (Phi) is 5.61. The van der Waals surface area contributed by atoms with Crippen molar-refractivity contribution in [3.63, 3.8) is 0 Å². The molecule has 1 fully saturated rings. The van der Waals surface area contributed by atoms with Crippen LogP contribution in [-0.4, -0.2) is 34.6 Å². The third-order valence-electron chi connectivity index (χ3n) is 4.82. The van der Waals surface area contributed by atoms with Crippen LogP contribution in [0.25, 0.3) is 11.3 Å². The van der Waals surface area contributed by atoms with E-state index < -0.39 is 0 Å². The number of aromatic nitrogens is 2. The molecule has 26 heavy (non-hydrogen) atoms. The lowest BCUT2D eigenvalue weighted by Gasteiger charge is -2.41. The van der Waals surface area contributed by atoms with E-state index in [1.807, 2.05) is 12.1 Å². The van der Waals surface area contributed by atoms with Gasteiger partial charge in [0.1, 0.15) is 11.5 Å². The Bertz CT molecular complexity index is 785. The number of piperidine rings is 1. The maximum absolute atomic E-state index is 6.29. The zero-order valence-corrected chi connectivity index (χ0v) is 16.9. The number of hydrogen-bond acceptors (Lipinski definition) is 5. The molecule has 5 nitrogen and oxygen atoms in total. The summed E-state index contributed by atoms with van der Waals surface area (Å²) < 4.78 is 0. The fourth-order valence-corrected chi connectivity index (χ4v) is 3.90. The van der Waals surface area contributed by atoms with E-state index in [9.17, 15) is 0 Å². The summed E-state index contributed by atoms with van der Waals surface area (Å²) in [6.45, 7) is 8.49. The second-order valence-corrected chi connectivity index (χ2v) is 8.20. The maximum Gasteiger partial charge on any atom is 0.152 e. The predicted octanol–water partition coefficient (Wildman–Crippen LogP) is 4.39. The van der Waals surface area contributed by atoms with Gasteiger partial charge in [0.25, 0.3) is 0 Å². The summed E-state index contributed by atoms with van der Waals surface area (Å²) >= 11 is 12.4. The van der Waals surface area contributed by atoms with Crippen molar-refractivity contribution in [3.8, 4) is 11.3 Å². The molecule has 0 spiro atoms. The highest BCUT2D eigenvalue weighted by Crippen LogP contribution is 2.35. The van der Waals surface area contributed by atoms with Gasteiger partial charge in [0.15, 0.2) is 5.82 Å². The fourth-order valence-electron chi connectivity index (χ4n) is 3.51. The monoisotopic (exact) mass is 393 g/mol. The van der Waals surface area contributed by atoms with Crippen LogP contribution in [-0.2, 0) is 0 Å². The minimum atomic E-state index is 0.165. The number of nitrogens with one attached hydrogen (secondary N) is 1. The smallest absolute Gasteiger partial charge is 0.152 e. The third kappa shape index (κ3) is 4.05. The van der Waals surface area contributed by atoms with Gasteiger partial charge in [0.2, 0.25) is 0 Å². The second-order valence-electron chi connectivity index (χ2n) is 7.41. The molecule has 2 heterocycles. The van der Waals surface area contributed by atoms with Crippen molar-refractivity contribution in [1.82, 2.24) is 15.3 Å². The normalized spacial score (nSPS) is 16.9. The summed E-state index contributed by atoms with van der Waals surface area (Å²) in [5.74, 6) is 1.16. The summed E-state index contributed by atoms with van der Waals surface area (Å²) in [5, 5.41) is 4.58. The van der Waals surface area contributed by atoms with Crippen molar-refractivity contribution < 1.29 is 0 Å². The van der Waals surface area contributed by atoms with Crippen LogP contribution < -0.4 is 16.0 Å². The summed E-state index contributed by atoms with van der Waals surface area (Å²) in [6, 6.07) is 5.88. The second kappa shape index (κ2) is 7.59. The Morgan fingerprint density at radius 1 is 1.23 bits per heavy atom. The lowest BCUT2D eigenvalue weighted by Crippen LogP contribution is -2.53. The Labute approximate surface area is 164 Å². The molecule has 0 atom stereocenters. The molecule has 0 unspecified atom stereocenters. The quantitative estimate of drug-likeness (QED) is 0.805. The van der Waals surface area contributed by atoms with Crippen LogP contribution in [0.15, 0.2) is 24.4 Å². The molecule has 0 aliphatic carbocycles. The lowest BCUT2D eigenvalue weighted by molar-refractivity contribution is 0.264. The van der Waals surface area contributed by atoms with Gasteiger partial charge in [-0.3, -0.25) is 0 Å². The SMILES string of the molecule is CC(C)NC1(C)CCN(c2cnc(-c3cccc(Cl)c3Cl)c(N)n2)CC1. The first kappa shape index (κ1) is 19.2. The Morgan fingerprint density at radius 3 is 2.54 bits per heavy atom. The standard InChI is InChI=1S/C19H25Cl2N5/c1-12(2)25-19(3)7-9-26(10-8-19)15-11-23-17(18(22)24-15)13-5-4-6-14(20)16(13)21/h4-6,11-12,25H,7-10H2,1-3H3,(H2,22,24). The van der Waals surface area contributed by atoms with E-state index in [0.29, 0.717) is 33.2 Å². The number of nitrogens with two attached hydrogens (primary N) is 1. The molecule has 1 aliphatic heterocycles. The van der Waals surface area contributed by atoms with Crippen molar-refractivity contribution in [2.45, 2.75) is 45.2 Å². The van der Waals surface area contributed by atoms with Gasteiger partial charge in [-0.25, -0.2) is 9.97 Å². The highest BCUT2D eigenvalue weighted by molar-refractivity contribution is 6.43. The van der Waals surface area contributed by atoms with E-state index in [1.165, 1.54) is 0 Å². The molecular formula is C19H25Cl2N5. The first-order valence-electron chi connectivity index (χ1n) is 8.88. The molecule has 1 aromatic carbocycles. The first-order valence-corrected chi connectivity index (χ1v) is 9.64. The van der Waals surface area contributed by atoms with Crippen LogP contribution in [0.1, 0.15) is 33.6 Å². The van der Waals surface area contributed by atoms with Crippen molar-refractivity contribution >= 4 is 34.8 Å². The van der Waals surface area contributed by atoms with Crippen LogP contribution in [0.5, 0.6) is 0 Å². The average molecular weight is 394 g/mol. The van der Waals surface area contributed by atoms with E-state index in [2.05, 4.69) is 41.0 Å². The molecule has 0 bridgehead atoms. The van der Waals surface area contributed by atoms with Gasteiger partial charge in [-0.1, -0.05) is 49.2 Å². The number of benzene rings is 1. The summed E-state index contributed by atoms with van der Waals surface area (Å²) in [4.78, 5) is 11.3. The zero-order valence-electron chi connectivity index (χ0n) is 15.4. The number of rotatable bonds is 4. The summed E-state index contributed by atoms with van der Waals surface area (Å²) in [5.41, 5.74) is 7.61. The van der Waals surface area contributed by atoms with Gasteiger partial charge in [-0.2, -0.15) is 0 Å². The molecule has 2 aromatic rings. The first-order chi connectivity index (χ1) is 12.3. The van der Waals surface area contributed by atoms with E-state index in [0.717, 1.165) is 31.7 Å². The van der Waals surface area contributed by atoms with E-state index >= 15 is 0 Å². The third-order valence-corrected chi connectivity index (χ3v) is 5.64. The van der Waals surface area contributed by atoms with Crippen LogP contribution in [0.2, 0.25) is 10.0 Å². The Hall–Kier alpha value is -1.56. The number of nitrogen functional groups attached to an aromatic ring is 1. The van der Waals surface area contributed by atoms with Crippen LogP contribution in [0.3, 0.4) is 0 Å². The minimum absolute atomic E-state index is 0.165. The minimum Gasteiger partial charge on any atom is -0.382 e. The highest BCUT2D eigenvalue weighted by Gasteiger charge is 2.31. The van der Waals surface area contributed by atoms with Gasteiger partial charge >= 0.3 is 0 Å². The molecule has 1 aromatic heterocycles. The van der Waals surface area contributed by atoms with E-state index in [4.69, 9.17) is 28.9 Å². The molecule has 1 saturated heterocycles. The zero-order chi connectivity index (χ0) is 18.9. The van der Waals surface area contributed by atoms with Crippen LogP contribution in [0.4, 0.5) is 11.6 Å².